The van der Waals surface area contributed by atoms with Gasteiger partial charge in [-0.15, -0.1) is 0 Å². The number of carbonyl (C=O) groups excluding carboxylic acids is 2. The highest BCUT2D eigenvalue weighted by molar-refractivity contribution is 5.97. The van der Waals surface area contributed by atoms with Crippen LogP contribution in [0.1, 0.15) is 22.8 Å². The number of amides is 1. The van der Waals surface area contributed by atoms with Gasteiger partial charge >= 0.3 is 5.97 Å². The van der Waals surface area contributed by atoms with Crippen molar-refractivity contribution in [1.29, 1.82) is 5.26 Å². The fraction of sp³-hybridized carbons (Fsp3) is 0.118. The van der Waals surface area contributed by atoms with Gasteiger partial charge < -0.3 is 10.1 Å². The molecule has 0 saturated heterocycles. The molecular weight excluding hydrogens is 280 g/mol. The molecule has 0 unspecified atom stereocenters. The van der Waals surface area contributed by atoms with Gasteiger partial charge in [0.1, 0.15) is 0 Å². The van der Waals surface area contributed by atoms with Crippen molar-refractivity contribution in [2.24, 2.45) is 0 Å². The Bertz CT molecular complexity index is 720. The third-order valence-electron chi connectivity index (χ3n) is 2.92. The number of rotatable bonds is 4. The maximum atomic E-state index is 12.0. The Balaban J connectivity index is 1.97. The third-order valence-corrected chi connectivity index (χ3v) is 2.92. The summed E-state index contributed by atoms with van der Waals surface area (Å²) in [6.07, 6.45) is -0.946. The Morgan fingerprint density at radius 1 is 1.14 bits per heavy atom. The molecule has 0 bridgehead atoms. The molecule has 0 fully saturated rings. The molecule has 2 aromatic rings. The van der Waals surface area contributed by atoms with Gasteiger partial charge in [0.25, 0.3) is 5.91 Å². The van der Waals surface area contributed by atoms with Crippen LogP contribution in [0.25, 0.3) is 0 Å². The Morgan fingerprint density at radius 3 is 2.55 bits per heavy atom. The number of nitrogens with one attached hydrogen (secondary N) is 1. The summed E-state index contributed by atoms with van der Waals surface area (Å²) in [5, 5.41) is 11.4. The van der Waals surface area contributed by atoms with Crippen molar-refractivity contribution in [3.63, 3.8) is 0 Å². The van der Waals surface area contributed by atoms with E-state index in [9.17, 15) is 9.59 Å². The van der Waals surface area contributed by atoms with Crippen molar-refractivity contribution < 1.29 is 14.3 Å². The predicted molar refractivity (Wildman–Crippen MR) is 81.1 cm³/mol. The molecule has 5 heteroatoms. The highest BCUT2D eigenvalue weighted by Crippen LogP contribution is 2.11. The zero-order valence-corrected chi connectivity index (χ0v) is 11.9. The first-order chi connectivity index (χ1) is 10.6. The van der Waals surface area contributed by atoms with E-state index in [4.69, 9.17) is 10.00 Å². The molecule has 110 valence electrons. The van der Waals surface area contributed by atoms with E-state index in [0.717, 1.165) is 0 Å². The first kappa shape index (κ1) is 15.3. The molecule has 1 amide bonds. The van der Waals surface area contributed by atoms with Gasteiger partial charge in [-0.3, -0.25) is 4.79 Å². The molecule has 0 aliphatic heterocycles. The summed E-state index contributed by atoms with van der Waals surface area (Å²) < 4.78 is 5.11. The van der Waals surface area contributed by atoms with E-state index >= 15 is 0 Å². The lowest BCUT2D eigenvalue weighted by atomic mass is 10.2. The summed E-state index contributed by atoms with van der Waals surface area (Å²) in [6, 6.07) is 16.9. The van der Waals surface area contributed by atoms with Crippen LogP contribution in [0.4, 0.5) is 5.69 Å². The molecular formula is C17H14N2O3. The quantitative estimate of drug-likeness (QED) is 0.879. The Kier molecular flexibility index (Phi) is 4.89. The van der Waals surface area contributed by atoms with E-state index in [1.165, 1.54) is 6.92 Å². The maximum Gasteiger partial charge on any atom is 0.338 e. The minimum absolute atomic E-state index is 0.383. The van der Waals surface area contributed by atoms with E-state index < -0.39 is 18.0 Å². The highest BCUT2D eigenvalue weighted by Gasteiger charge is 2.18. The average molecular weight is 294 g/mol. The summed E-state index contributed by atoms with van der Waals surface area (Å²) in [5.74, 6) is -1.02. The lowest BCUT2D eigenvalue weighted by Crippen LogP contribution is -2.30. The molecule has 2 aromatic carbocycles. The zero-order valence-electron chi connectivity index (χ0n) is 11.9. The molecule has 0 aliphatic carbocycles. The van der Waals surface area contributed by atoms with Crippen LogP contribution in [-0.2, 0) is 9.53 Å². The van der Waals surface area contributed by atoms with Gasteiger partial charge in [0.2, 0.25) is 0 Å². The molecule has 1 N–H and O–H groups in total. The van der Waals surface area contributed by atoms with Crippen LogP contribution in [0.5, 0.6) is 0 Å². The van der Waals surface area contributed by atoms with Crippen molar-refractivity contribution >= 4 is 17.6 Å². The molecule has 22 heavy (non-hydrogen) atoms. The summed E-state index contributed by atoms with van der Waals surface area (Å²) in [4.78, 5) is 23.9. The van der Waals surface area contributed by atoms with Crippen LogP contribution >= 0.6 is 0 Å². The summed E-state index contributed by atoms with van der Waals surface area (Å²) in [7, 11) is 0. The lowest BCUT2D eigenvalue weighted by Gasteiger charge is -2.13. The van der Waals surface area contributed by atoms with Crippen LogP contribution in [0.15, 0.2) is 54.6 Å². The molecule has 0 aliphatic rings. The Labute approximate surface area is 128 Å². The fourth-order valence-electron chi connectivity index (χ4n) is 1.77. The van der Waals surface area contributed by atoms with Crippen LogP contribution in [0, 0.1) is 11.3 Å². The topological polar surface area (TPSA) is 79.2 Å². The van der Waals surface area contributed by atoms with Gasteiger partial charge in [-0.05, 0) is 37.3 Å². The summed E-state index contributed by atoms with van der Waals surface area (Å²) >= 11 is 0. The maximum absolute atomic E-state index is 12.0. The van der Waals surface area contributed by atoms with E-state index in [1.54, 1.807) is 54.6 Å². The second-order valence-electron chi connectivity index (χ2n) is 4.60. The van der Waals surface area contributed by atoms with Gasteiger partial charge in [-0.2, -0.15) is 5.26 Å². The van der Waals surface area contributed by atoms with Crippen molar-refractivity contribution in [2.45, 2.75) is 13.0 Å². The average Bonchev–Trinajstić information content (AvgIpc) is 2.55. The number of nitrogens with zero attached hydrogens (tertiary/aromatic N) is 1. The lowest BCUT2D eigenvalue weighted by molar-refractivity contribution is -0.123. The van der Waals surface area contributed by atoms with Gasteiger partial charge in [-0.25, -0.2) is 4.79 Å². The zero-order chi connectivity index (χ0) is 15.9. The predicted octanol–water partition coefficient (Wildman–Crippen LogP) is 2.74. The fourth-order valence-corrected chi connectivity index (χ4v) is 1.77. The van der Waals surface area contributed by atoms with Crippen LogP contribution < -0.4 is 5.32 Å². The molecule has 0 heterocycles. The number of hydrogen-bond donors (Lipinski definition) is 1. The SMILES string of the molecule is C[C@@H](OC(=O)c1ccccc1)C(=O)Nc1cccc(C#N)c1. The number of carbonyl (C=O) groups is 2. The second kappa shape index (κ2) is 7.04. The number of anilines is 1. The normalized spacial score (nSPS) is 11.1. The number of ether oxygens (including phenoxy) is 1. The summed E-state index contributed by atoms with van der Waals surface area (Å²) in [6.45, 7) is 1.49. The minimum atomic E-state index is -0.946. The first-order valence-electron chi connectivity index (χ1n) is 6.67. The second-order valence-corrected chi connectivity index (χ2v) is 4.60. The molecule has 0 saturated carbocycles. The monoisotopic (exact) mass is 294 g/mol. The molecule has 0 aromatic heterocycles. The third kappa shape index (κ3) is 3.93. The van der Waals surface area contributed by atoms with Crippen LogP contribution in [-0.4, -0.2) is 18.0 Å². The van der Waals surface area contributed by atoms with Crippen molar-refractivity contribution in [1.82, 2.24) is 0 Å². The van der Waals surface area contributed by atoms with Gasteiger partial charge in [-0.1, -0.05) is 24.3 Å². The molecule has 0 spiro atoms. The number of hydrogen-bond acceptors (Lipinski definition) is 4. The number of benzene rings is 2. The molecule has 5 nitrogen and oxygen atoms in total. The number of nitriles is 1. The van der Waals surface area contributed by atoms with Crippen molar-refractivity contribution in [2.75, 3.05) is 5.32 Å². The van der Waals surface area contributed by atoms with Gasteiger partial charge in [0, 0.05) is 5.69 Å². The van der Waals surface area contributed by atoms with Crippen LogP contribution in [0.2, 0.25) is 0 Å². The van der Waals surface area contributed by atoms with Crippen LogP contribution in [0.3, 0.4) is 0 Å². The van der Waals surface area contributed by atoms with Gasteiger partial charge in [0.05, 0.1) is 17.2 Å². The van der Waals surface area contributed by atoms with E-state index in [0.29, 0.717) is 16.8 Å². The number of esters is 1. The minimum Gasteiger partial charge on any atom is -0.449 e. The standard InChI is InChI=1S/C17H14N2O3/c1-12(22-17(21)14-7-3-2-4-8-14)16(20)19-15-9-5-6-13(10-15)11-18/h2-10,12H,1H3,(H,19,20)/t12-/m1/s1. The molecule has 1 atom stereocenters. The van der Waals surface area contributed by atoms with Crippen molar-refractivity contribution in [3.8, 4) is 6.07 Å². The van der Waals surface area contributed by atoms with Gasteiger partial charge in [0.15, 0.2) is 6.10 Å². The Hall–Kier alpha value is -3.13. The van der Waals surface area contributed by atoms with E-state index in [1.807, 2.05) is 6.07 Å². The smallest absolute Gasteiger partial charge is 0.338 e. The largest absolute Gasteiger partial charge is 0.449 e. The first-order valence-corrected chi connectivity index (χ1v) is 6.67. The Morgan fingerprint density at radius 2 is 1.86 bits per heavy atom. The van der Waals surface area contributed by atoms with Crippen molar-refractivity contribution in [3.05, 3.63) is 65.7 Å². The highest BCUT2D eigenvalue weighted by atomic mass is 16.5. The van der Waals surface area contributed by atoms with E-state index in [2.05, 4.69) is 5.32 Å². The molecule has 0 radical (unpaired) electrons. The molecule has 2 rings (SSSR count). The summed E-state index contributed by atoms with van der Waals surface area (Å²) in [5.41, 5.74) is 1.30. The van der Waals surface area contributed by atoms with E-state index in [-0.39, 0.29) is 0 Å².